The van der Waals surface area contributed by atoms with E-state index >= 15 is 0 Å². The highest BCUT2D eigenvalue weighted by atomic mass is 16.5. The number of hydrogen-bond acceptors (Lipinski definition) is 2. The van der Waals surface area contributed by atoms with Crippen LogP contribution in [0.2, 0.25) is 0 Å². The minimum Gasteiger partial charge on any atom is -0.493 e. The molecule has 2 nitrogen and oxygen atoms in total. The molecule has 0 fully saturated rings. The Morgan fingerprint density at radius 1 is 1.10 bits per heavy atom. The Morgan fingerprint density at radius 2 is 1.86 bits per heavy atom. The summed E-state index contributed by atoms with van der Waals surface area (Å²) in [6, 6.07) is 6.20. The Morgan fingerprint density at radius 3 is 2.52 bits per heavy atom. The SMILES string of the molecule is CCCC/C=C/[C@H](C)CCCc1ccc(OC)c(OC)c1. The lowest BCUT2D eigenvalue weighted by molar-refractivity contribution is 0.354. The maximum Gasteiger partial charge on any atom is 0.160 e. The molecule has 1 rings (SSSR count). The largest absolute Gasteiger partial charge is 0.493 e. The molecule has 0 aliphatic carbocycles. The van der Waals surface area contributed by atoms with Gasteiger partial charge in [-0.1, -0.05) is 44.9 Å². The summed E-state index contributed by atoms with van der Waals surface area (Å²) in [5.74, 6) is 2.29. The summed E-state index contributed by atoms with van der Waals surface area (Å²) < 4.78 is 10.6. The molecule has 0 radical (unpaired) electrons. The lowest BCUT2D eigenvalue weighted by Gasteiger charge is -2.10. The van der Waals surface area contributed by atoms with Crippen LogP contribution in [0.15, 0.2) is 30.4 Å². The van der Waals surface area contributed by atoms with Gasteiger partial charge in [0.25, 0.3) is 0 Å². The van der Waals surface area contributed by atoms with Crippen LogP contribution in [0.1, 0.15) is 51.5 Å². The molecule has 0 aliphatic heterocycles. The van der Waals surface area contributed by atoms with E-state index in [0.29, 0.717) is 5.92 Å². The van der Waals surface area contributed by atoms with Crippen molar-refractivity contribution in [3.05, 3.63) is 35.9 Å². The van der Waals surface area contributed by atoms with Gasteiger partial charge in [0, 0.05) is 0 Å². The van der Waals surface area contributed by atoms with Crippen LogP contribution < -0.4 is 9.47 Å². The zero-order chi connectivity index (χ0) is 15.5. The number of hydrogen-bond donors (Lipinski definition) is 0. The Hall–Kier alpha value is -1.44. The highest BCUT2D eigenvalue weighted by Crippen LogP contribution is 2.28. The molecular weight excluding hydrogens is 260 g/mol. The quantitative estimate of drug-likeness (QED) is 0.424. The monoisotopic (exact) mass is 290 g/mol. The van der Waals surface area contributed by atoms with Gasteiger partial charge in [-0.15, -0.1) is 0 Å². The highest BCUT2D eigenvalue weighted by Gasteiger charge is 2.05. The number of ether oxygens (including phenoxy) is 2. The summed E-state index contributed by atoms with van der Waals surface area (Å²) in [4.78, 5) is 0. The van der Waals surface area contributed by atoms with Crippen LogP contribution in [0, 0.1) is 5.92 Å². The molecule has 1 aromatic carbocycles. The first kappa shape index (κ1) is 17.6. The summed E-state index contributed by atoms with van der Waals surface area (Å²) in [5.41, 5.74) is 1.31. The van der Waals surface area contributed by atoms with E-state index in [9.17, 15) is 0 Å². The molecule has 0 unspecified atom stereocenters. The summed E-state index contributed by atoms with van der Waals surface area (Å²) in [6.45, 7) is 4.54. The average molecular weight is 290 g/mol. The molecule has 1 atom stereocenters. The van der Waals surface area contributed by atoms with Gasteiger partial charge in [0.2, 0.25) is 0 Å². The third-order valence-corrected chi connectivity index (χ3v) is 3.76. The second-order valence-corrected chi connectivity index (χ2v) is 5.63. The van der Waals surface area contributed by atoms with Crippen molar-refractivity contribution >= 4 is 0 Å². The number of benzene rings is 1. The van der Waals surface area contributed by atoms with Gasteiger partial charge < -0.3 is 9.47 Å². The average Bonchev–Trinajstić information content (AvgIpc) is 2.51. The van der Waals surface area contributed by atoms with Gasteiger partial charge in [-0.3, -0.25) is 0 Å². The van der Waals surface area contributed by atoms with Gasteiger partial charge in [0.1, 0.15) is 0 Å². The Kier molecular flexibility index (Phi) is 8.65. The van der Waals surface area contributed by atoms with Crippen molar-refractivity contribution < 1.29 is 9.47 Å². The van der Waals surface area contributed by atoms with Crippen LogP contribution in [0.3, 0.4) is 0 Å². The number of allylic oxidation sites excluding steroid dienone is 2. The maximum atomic E-state index is 5.34. The van der Waals surface area contributed by atoms with Gasteiger partial charge >= 0.3 is 0 Å². The summed E-state index contributed by atoms with van der Waals surface area (Å²) in [5, 5.41) is 0. The number of unbranched alkanes of at least 4 members (excludes halogenated alkanes) is 2. The van der Waals surface area contributed by atoms with E-state index in [1.54, 1.807) is 14.2 Å². The first-order valence-corrected chi connectivity index (χ1v) is 8.08. The van der Waals surface area contributed by atoms with Crippen LogP contribution in [0.25, 0.3) is 0 Å². The third-order valence-electron chi connectivity index (χ3n) is 3.76. The van der Waals surface area contributed by atoms with Gasteiger partial charge in [0.05, 0.1) is 14.2 Å². The summed E-state index contributed by atoms with van der Waals surface area (Å²) in [7, 11) is 3.36. The van der Waals surface area contributed by atoms with Crippen LogP contribution in [-0.2, 0) is 6.42 Å². The van der Waals surface area contributed by atoms with E-state index in [-0.39, 0.29) is 0 Å². The molecule has 118 valence electrons. The molecule has 0 bridgehead atoms. The fraction of sp³-hybridized carbons (Fsp3) is 0.579. The lowest BCUT2D eigenvalue weighted by Crippen LogP contribution is -1.95. The normalized spacial score (nSPS) is 12.6. The van der Waals surface area contributed by atoms with Crippen molar-refractivity contribution in [2.45, 2.75) is 52.4 Å². The number of rotatable bonds is 10. The zero-order valence-corrected chi connectivity index (χ0v) is 14.0. The first-order valence-electron chi connectivity index (χ1n) is 8.08. The maximum absolute atomic E-state index is 5.34. The smallest absolute Gasteiger partial charge is 0.160 e. The van der Waals surface area contributed by atoms with Crippen molar-refractivity contribution in [2.24, 2.45) is 5.92 Å². The molecular formula is C19H30O2. The molecule has 0 spiro atoms. The summed E-state index contributed by atoms with van der Waals surface area (Å²) in [6.07, 6.45) is 12.0. The van der Waals surface area contributed by atoms with Crippen molar-refractivity contribution in [3.63, 3.8) is 0 Å². The molecule has 0 saturated heterocycles. The molecule has 0 saturated carbocycles. The topological polar surface area (TPSA) is 18.5 Å². The van der Waals surface area contributed by atoms with Gasteiger partial charge in [-0.2, -0.15) is 0 Å². The van der Waals surface area contributed by atoms with Gasteiger partial charge in [-0.05, 0) is 49.3 Å². The predicted octanol–water partition coefficient (Wildman–Crippen LogP) is 5.41. The van der Waals surface area contributed by atoms with E-state index in [4.69, 9.17) is 9.47 Å². The predicted molar refractivity (Wildman–Crippen MR) is 90.3 cm³/mol. The lowest BCUT2D eigenvalue weighted by atomic mass is 10.00. The highest BCUT2D eigenvalue weighted by molar-refractivity contribution is 5.42. The molecule has 0 amide bonds. The zero-order valence-electron chi connectivity index (χ0n) is 14.0. The fourth-order valence-electron chi connectivity index (χ4n) is 2.41. The summed E-state index contributed by atoms with van der Waals surface area (Å²) >= 11 is 0. The Balaban J connectivity index is 2.36. The molecule has 0 aromatic heterocycles. The van der Waals surface area contributed by atoms with Crippen LogP contribution in [-0.4, -0.2) is 14.2 Å². The Labute approximate surface area is 130 Å². The standard InChI is InChI=1S/C19H30O2/c1-5-6-7-8-10-16(2)11-9-12-17-13-14-18(20-3)19(15-17)21-4/h8,10,13-16H,5-7,9,11-12H2,1-4H3/b10-8+/t16-/m0/s1. The van der Waals surface area contributed by atoms with E-state index in [1.165, 1.54) is 37.7 Å². The molecule has 0 N–H and O–H groups in total. The van der Waals surface area contributed by atoms with E-state index < -0.39 is 0 Å². The van der Waals surface area contributed by atoms with Crippen LogP contribution >= 0.6 is 0 Å². The van der Waals surface area contributed by atoms with Crippen LogP contribution in [0.5, 0.6) is 11.5 Å². The fourth-order valence-corrected chi connectivity index (χ4v) is 2.41. The second-order valence-electron chi connectivity index (χ2n) is 5.63. The van der Waals surface area contributed by atoms with E-state index in [0.717, 1.165) is 17.9 Å². The van der Waals surface area contributed by atoms with Gasteiger partial charge in [-0.25, -0.2) is 0 Å². The Bertz CT molecular complexity index is 424. The van der Waals surface area contributed by atoms with Gasteiger partial charge in [0.15, 0.2) is 11.5 Å². The molecule has 21 heavy (non-hydrogen) atoms. The number of methoxy groups -OCH3 is 2. The van der Waals surface area contributed by atoms with Crippen LogP contribution in [0.4, 0.5) is 0 Å². The van der Waals surface area contributed by atoms with Crippen molar-refractivity contribution in [1.29, 1.82) is 0 Å². The second kappa shape index (κ2) is 10.3. The molecule has 2 heteroatoms. The van der Waals surface area contributed by atoms with E-state index in [2.05, 4.69) is 38.1 Å². The minimum absolute atomic E-state index is 0.669. The first-order chi connectivity index (χ1) is 10.2. The molecule has 1 aromatic rings. The van der Waals surface area contributed by atoms with E-state index in [1.807, 2.05) is 6.07 Å². The third kappa shape index (κ3) is 6.70. The van der Waals surface area contributed by atoms with Crippen molar-refractivity contribution in [2.75, 3.05) is 14.2 Å². The minimum atomic E-state index is 0.669. The number of aryl methyl sites for hydroxylation is 1. The molecule has 0 aliphatic rings. The molecule has 0 heterocycles. The van der Waals surface area contributed by atoms with Crippen molar-refractivity contribution in [1.82, 2.24) is 0 Å². The van der Waals surface area contributed by atoms with Crippen molar-refractivity contribution in [3.8, 4) is 11.5 Å².